The van der Waals surface area contributed by atoms with Crippen molar-refractivity contribution in [3.05, 3.63) is 52.9 Å². The van der Waals surface area contributed by atoms with Gasteiger partial charge in [0.05, 0.1) is 16.3 Å². The Labute approximate surface area is 166 Å². The fourth-order valence-corrected chi connectivity index (χ4v) is 5.17. The maximum Gasteiger partial charge on any atom is 0.263 e. The molecule has 0 saturated heterocycles. The van der Waals surface area contributed by atoms with E-state index >= 15 is 0 Å². The molecule has 2 heterocycles. The van der Waals surface area contributed by atoms with Crippen molar-refractivity contribution in [1.29, 1.82) is 0 Å². The molecule has 1 aliphatic heterocycles. The van der Waals surface area contributed by atoms with Gasteiger partial charge >= 0.3 is 0 Å². The second-order valence-corrected chi connectivity index (χ2v) is 8.97. The number of nitrogens with zero attached hydrogens (tertiary/aromatic N) is 1. The highest BCUT2D eigenvalue weighted by atomic mass is 32.2. The van der Waals surface area contributed by atoms with Crippen LogP contribution in [0.5, 0.6) is 5.75 Å². The number of ether oxygens (including phenoxy) is 1. The largest absolute Gasteiger partial charge is 0.482 e. The number of fused-ring (bicyclic) bond motifs is 1. The van der Waals surface area contributed by atoms with Gasteiger partial charge in [0.15, 0.2) is 11.7 Å². The summed E-state index contributed by atoms with van der Waals surface area (Å²) in [5.74, 6) is 0.374. The van der Waals surface area contributed by atoms with E-state index in [4.69, 9.17) is 4.74 Å². The Balaban J connectivity index is 1.61. The average Bonchev–Trinajstić information content (AvgIpc) is 3.10. The Morgan fingerprint density at radius 3 is 2.82 bits per heavy atom. The predicted octanol–water partition coefficient (Wildman–Crippen LogP) is 3.56. The first-order valence-corrected chi connectivity index (χ1v) is 10.8. The van der Waals surface area contributed by atoms with E-state index in [9.17, 15) is 13.2 Å². The van der Waals surface area contributed by atoms with Crippen LogP contribution in [-0.4, -0.2) is 25.9 Å². The number of hydrogen-bond donors (Lipinski definition) is 2. The van der Waals surface area contributed by atoms with Crippen LogP contribution in [0.1, 0.15) is 11.1 Å². The number of aromatic nitrogens is 1. The highest BCUT2D eigenvalue weighted by molar-refractivity contribution is 7.93. The number of hydrogen-bond acceptors (Lipinski definition) is 6. The molecule has 2 N–H and O–H groups in total. The lowest BCUT2D eigenvalue weighted by molar-refractivity contribution is -0.118. The number of carbonyl (C=O) groups is 1. The second-order valence-electron chi connectivity index (χ2n) is 6.46. The molecule has 0 atom stereocenters. The highest BCUT2D eigenvalue weighted by Crippen LogP contribution is 2.34. The number of benzene rings is 2. The number of sulfonamides is 1. The fraction of sp³-hybridized carbons (Fsp3) is 0.158. The molecule has 9 heteroatoms. The first-order valence-electron chi connectivity index (χ1n) is 8.44. The Morgan fingerprint density at radius 2 is 2.00 bits per heavy atom. The average molecular weight is 415 g/mol. The summed E-state index contributed by atoms with van der Waals surface area (Å²) in [4.78, 5) is 16.1. The third kappa shape index (κ3) is 3.58. The summed E-state index contributed by atoms with van der Waals surface area (Å²) in [6, 6.07) is 10.6. The zero-order valence-corrected chi connectivity index (χ0v) is 16.8. The van der Waals surface area contributed by atoms with Crippen molar-refractivity contribution < 1.29 is 17.9 Å². The van der Waals surface area contributed by atoms with E-state index in [1.807, 2.05) is 19.1 Å². The first kappa shape index (κ1) is 18.5. The van der Waals surface area contributed by atoms with E-state index in [2.05, 4.69) is 15.0 Å². The van der Waals surface area contributed by atoms with E-state index in [-0.39, 0.29) is 22.5 Å². The third-order valence-corrected chi connectivity index (χ3v) is 6.64. The molecule has 0 fully saturated rings. The minimum Gasteiger partial charge on any atom is -0.482 e. The van der Waals surface area contributed by atoms with Crippen LogP contribution in [0.4, 0.5) is 10.8 Å². The molecule has 4 rings (SSSR count). The van der Waals surface area contributed by atoms with Crippen molar-refractivity contribution in [2.45, 2.75) is 18.7 Å². The fourth-order valence-electron chi connectivity index (χ4n) is 2.86. The standard InChI is InChI=1S/C19H17N3O4S2/c1-11-3-4-12(2)17(7-11)28(24,25)22-19-21-15(10-27-19)13-5-6-16-14(8-13)20-18(23)9-26-16/h3-8,10H,9H2,1-2H3,(H,20,23)(H,21,22). The summed E-state index contributed by atoms with van der Waals surface area (Å²) < 4.78 is 33.4. The van der Waals surface area contributed by atoms with Crippen LogP contribution in [0.3, 0.4) is 0 Å². The van der Waals surface area contributed by atoms with Gasteiger partial charge in [0.2, 0.25) is 0 Å². The topological polar surface area (TPSA) is 97.4 Å². The van der Waals surface area contributed by atoms with E-state index < -0.39 is 10.0 Å². The minimum absolute atomic E-state index is 0.00659. The molecule has 0 saturated carbocycles. The Morgan fingerprint density at radius 1 is 1.18 bits per heavy atom. The van der Waals surface area contributed by atoms with Gasteiger partial charge in [-0.25, -0.2) is 13.4 Å². The Bertz CT molecular complexity index is 1190. The van der Waals surface area contributed by atoms with Crippen molar-refractivity contribution in [3.8, 4) is 17.0 Å². The number of amides is 1. The molecule has 2 aromatic carbocycles. The molecule has 1 aliphatic rings. The molecule has 1 aromatic heterocycles. The van der Waals surface area contributed by atoms with E-state index in [0.29, 0.717) is 22.7 Å². The summed E-state index contributed by atoms with van der Waals surface area (Å²) in [5.41, 5.74) is 3.45. The van der Waals surface area contributed by atoms with Crippen LogP contribution in [0, 0.1) is 13.8 Å². The normalized spacial score (nSPS) is 13.4. The number of rotatable bonds is 4. The molecule has 0 radical (unpaired) electrons. The first-order chi connectivity index (χ1) is 13.3. The molecule has 0 spiro atoms. The van der Waals surface area contributed by atoms with Crippen LogP contribution >= 0.6 is 11.3 Å². The van der Waals surface area contributed by atoms with Crippen LogP contribution < -0.4 is 14.8 Å². The van der Waals surface area contributed by atoms with Gasteiger partial charge in [-0.3, -0.25) is 9.52 Å². The highest BCUT2D eigenvalue weighted by Gasteiger charge is 2.20. The summed E-state index contributed by atoms with van der Waals surface area (Å²) >= 11 is 1.19. The summed E-state index contributed by atoms with van der Waals surface area (Å²) in [6.45, 7) is 3.59. The van der Waals surface area contributed by atoms with Crippen molar-refractivity contribution >= 4 is 38.1 Å². The lowest BCUT2D eigenvalue weighted by Gasteiger charge is -2.18. The maximum atomic E-state index is 12.7. The zero-order valence-electron chi connectivity index (χ0n) is 15.1. The van der Waals surface area contributed by atoms with Crippen molar-refractivity contribution in [1.82, 2.24) is 4.98 Å². The quantitative estimate of drug-likeness (QED) is 0.679. The lowest BCUT2D eigenvalue weighted by Crippen LogP contribution is -2.25. The summed E-state index contributed by atoms with van der Waals surface area (Å²) in [5, 5.41) is 4.78. The third-order valence-electron chi connectivity index (χ3n) is 4.27. The van der Waals surface area contributed by atoms with Gasteiger partial charge in [-0.15, -0.1) is 11.3 Å². The molecule has 0 aliphatic carbocycles. The van der Waals surface area contributed by atoms with Gasteiger partial charge in [0.25, 0.3) is 15.9 Å². The molecule has 0 bridgehead atoms. The molecule has 3 aromatic rings. The molecular weight excluding hydrogens is 398 g/mol. The maximum absolute atomic E-state index is 12.7. The van der Waals surface area contributed by atoms with Crippen LogP contribution in [0.15, 0.2) is 46.7 Å². The van der Waals surface area contributed by atoms with Gasteiger partial charge in [-0.1, -0.05) is 12.1 Å². The van der Waals surface area contributed by atoms with Crippen LogP contribution in [0.25, 0.3) is 11.3 Å². The number of aryl methyl sites for hydroxylation is 2. The molecule has 144 valence electrons. The second kappa shape index (κ2) is 6.92. The van der Waals surface area contributed by atoms with Crippen molar-refractivity contribution in [2.24, 2.45) is 0 Å². The monoisotopic (exact) mass is 415 g/mol. The summed E-state index contributed by atoms with van der Waals surface area (Å²) in [6.07, 6.45) is 0. The van der Waals surface area contributed by atoms with E-state index in [0.717, 1.165) is 11.1 Å². The summed E-state index contributed by atoms with van der Waals surface area (Å²) in [7, 11) is -3.74. The Hall–Kier alpha value is -2.91. The van der Waals surface area contributed by atoms with E-state index in [1.54, 1.807) is 36.6 Å². The Kier molecular flexibility index (Phi) is 4.56. The van der Waals surface area contributed by atoms with Gasteiger partial charge < -0.3 is 10.1 Å². The molecule has 28 heavy (non-hydrogen) atoms. The zero-order chi connectivity index (χ0) is 19.9. The number of thiazole rings is 1. The van der Waals surface area contributed by atoms with Gasteiger partial charge in [0, 0.05) is 10.9 Å². The minimum atomic E-state index is -3.74. The van der Waals surface area contributed by atoms with E-state index in [1.165, 1.54) is 11.3 Å². The van der Waals surface area contributed by atoms with Gasteiger partial charge in [-0.2, -0.15) is 0 Å². The molecule has 1 amide bonds. The molecule has 0 unspecified atom stereocenters. The van der Waals surface area contributed by atoms with Crippen LogP contribution in [0.2, 0.25) is 0 Å². The van der Waals surface area contributed by atoms with Gasteiger partial charge in [0.1, 0.15) is 5.75 Å². The number of carbonyl (C=O) groups excluding carboxylic acids is 1. The predicted molar refractivity (Wildman–Crippen MR) is 108 cm³/mol. The van der Waals surface area contributed by atoms with Gasteiger partial charge in [-0.05, 0) is 49.2 Å². The van der Waals surface area contributed by atoms with Crippen molar-refractivity contribution in [2.75, 3.05) is 16.6 Å². The number of anilines is 2. The smallest absolute Gasteiger partial charge is 0.263 e. The number of nitrogens with one attached hydrogen (secondary N) is 2. The van der Waals surface area contributed by atoms with Crippen molar-refractivity contribution in [3.63, 3.8) is 0 Å². The van der Waals surface area contributed by atoms with Crippen LogP contribution in [-0.2, 0) is 14.8 Å². The molecular formula is C19H17N3O4S2. The lowest BCUT2D eigenvalue weighted by atomic mass is 10.1. The SMILES string of the molecule is Cc1ccc(C)c(S(=O)(=O)Nc2nc(-c3ccc4c(c3)NC(=O)CO4)cs2)c1. The molecule has 7 nitrogen and oxygen atoms in total.